The first-order chi connectivity index (χ1) is 9.08. The van der Waals surface area contributed by atoms with Crippen molar-refractivity contribution >= 4 is 29.1 Å². The summed E-state index contributed by atoms with van der Waals surface area (Å²) in [6.07, 6.45) is 3.41. The summed E-state index contributed by atoms with van der Waals surface area (Å²) in [6.45, 7) is 1.48. The van der Waals surface area contributed by atoms with Gasteiger partial charge in [0.05, 0.1) is 24.0 Å². The molecule has 1 saturated heterocycles. The maximum Gasteiger partial charge on any atom is 0.254 e. The van der Waals surface area contributed by atoms with Crippen LogP contribution in [0.3, 0.4) is 0 Å². The van der Waals surface area contributed by atoms with Crippen LogP contribution in [0.25, 0.3) is 0 Å². The lowest BCUT2D eigenvalue weighted by molar-refractivity contribution is -0.129. The molecule has 7 heteroatoms. The van der Waals surface area contributed by atoms with Crippen LogP contribution in [-0.2, 0) is 4.79 Å². The number of nitrogens with one attached hydrogen (secondary N) is 1. The first-order valence-electron chi connectivity index (χ1n) is 6.05. The Balaban J connectivity index is 1.93. The van der Waals surface area contributed by atoms with Crippen LogP contribution in [-0.4, -0.2) is 41.3 Å². The average Bonchev–Trinajstić information content (AvgIpc) is 2.92. The number of halogens is 1. The van der Waals surface area contributed by atoms with Crippen molar-refractivity contribution < 1.29 is 9.59 Å². The summed E-state index contributed by atoms with van der Waals surface area (Å²) in [5.74, 6) is -0.531. The molecule has 0 aromatic carbocycles. The molecule has 0 aliphatic carbocycles. The van der Waals surface area contributed by atoms with Crippen LogP contribution in [0.1, 0.15) is 23.2 Å². The molecule has 0 radical (unpaired) electrons. The van der Waals surface area contributed by atoms with Crippen LogP contribution in [0.4, 0.5) is 5.69 Å². The summed E-state index contributed by atoms with van der Waals surface area (Å²) in [4.78, 5) is 29.2. The number of nitrogens with two attached hydrogens (primary N) is 1. The molecule has 2 amide bonds. The Labute approximate surface area is 115 Å². The van der Waals surface area contributed by atoms with Crippen LogP contribution in [0, 0.1) is 0 Å². The van der Waals surface area contributed by atoms with Crippen LogP contribution in [0.5, 0.6) is 0 Å². The molecule has 0 spiro atoms. The molecule has 102 valence electrons. The van der Waals surface area contributed by atoms with Gasteiger partial charge in [-0.05, 0) is 18.9 Å². The van der Waals surface area contributed by atoms with E-state index in [1.165, 1.54) is 12.3 Å². The summed E-state index contributed by atoms with van der Waals surface area (Å²) in [5.41, 5.74) is 6.07. The van der Waals surface area contributed by atoms with E-state index in [9.17, 15) is 9.59 Å². The van der Waals surface area contributed by atoms with Crippen molar-refractivity contribution in [1.29, 1.82) is 0 Å². The average molecular weight is 283 g/mol. The Morgan fingerprint density at radius 2 is 2.11 bits per heavy atom. The molecular formula is C12H15ClN4O2. The van der Waals surface area contributed by atoms with Gasteiger partial charge in [-0.3, -0.25) is 9.59 Å². The number of carbonyl (C=O) groups excluding carboxylic acids is 2. The van der Waals surface area contributed by atoms with E-state index < -0.39 is 5.91 Å². The molecule has 2 rings (SSSR count). The van der Waals surface area contributed by atoms with E-state index in [4.69, 9.17) is 17.3 Å². The lowest BCUT2D eigenvalue weighted by Crippen LogP contribution is -2.38. The molecule has 0 bridgehead atoms. The first-order valence-corrected chi connectivity index (χ1v) is 6.42. The Morgan fingerprint density at radius 1 is 1.42 bits per heavy atom. The third-order valence-corrected chi connectivity index (χ3v) is 3.26. The molecule has 0 saturated carbocycles. The van der Waals surface area contributed by atoms with Gasteiger partial charge in [0.15, 0.2) is 0 Å². The van der Waals surface area contributed by atoms with Gasteiger partial charge in [0.25, 0.3) is 5.91 Å². The van der Waals surface area contributed by atoms with Gasteiger partial charge in [0.1, 0.15) is 5.15 Å². The lowest BCUT2D eigenvalue weighted by Gasteiger charge is -2.15. The minimum absolute atomic E-state index is 0.0377. The van der Waals surface area contributed by atoms with Crippen molar-refractivity contribution in [3.05, 3.63) is 23.0 Å². The Kier molecular flexibility index (Phi) is 4.21. The quantitative estimate of drug-likeness (QED) is 0.798. The van der Waals surface area contributed by atoms with E-state index in [0.29, 0.717) is 5.69 Å². The molecule has 3 N–H and O–H groups in total. The van der Waals surface area contributed by atoms with E-state index in [1.54, 1.807) is 4.90 Å². The number of rotatable bonds is 3. The lowest BCUT2D eigenvalue weighted by atomic mass is 10.2. The van der Waals surface area contributed by atoms with Gasteiger partial charge >= 0.3 is 0 Å². The molecule has 0 unspecified atom stereocenters. The van der Waals surface area contributed by atoms with E-state index >= 15 is 0 Å². The monoisotopic (exact) mass is 282 g/mol. The summed E-state index contributed by atoms with van der Waals surface area (Å²) >= 11 is 5.81. The highest BCUT2D eigenvalue weighted by Gasteiger charge is 2.19. The van der Waals surface area contributed by atoms with Crippen molar-refractivity contribution in [1.82, 2.24) is 15.2 Å². The topological polar surface area (TPSA) is 88.3 Å². The number of pyridine rings is 1. The molecule has 19 heavy (non-hydrogen) atoms. The number of amides is 2. The smallest absolute Gasteiger partial charge is 0.254 e. The fraction of sp³-hybridized carbons (Fsp3) is 0.417. The number of nitrogens with zero attached hydrogens (tertiary/aromatic N) is 2. The molecule has 1 aromatic heterocycles. The molecule has 1 aliphatic heterocycles. The van der Waals surface area contributed by atoms with Gasteiger partial charge in [0.2, 0.25) is 5.91 Å². The predicted octanol–water partition coefficient (Wildman–Crippen LogP) is 0.669. The second-order valence-electron chi connectivity index (χ2n) is 4.38. The van der Waals surface area contributed by atoms with Crippen LogP contribution >= 0.6 is 11.6 Å². The Hall–Kier alpha value is -1.82. The highest BCUT2D eigenvalue weighted by Crippen LogP contribution is 2.15. The van der Waals surface area contributed by atoms with Crippen molar-refractivity contribution in [2.75, 3.05) is 25.4 Å². The van der Waals surface area contributed by atoms with Gasteiger partial charge < -0.3 is 16.0 Å². The van der Waals surface area contributed by atoms with E-state index in [-0.39, 0.29) is 23.2 Å². The standard InChI is InChI=1S/C12H15ClN4O2/c13-11-9(5-8(14)6-15-11)12(19)16-7-10(18)17-3-1-2-4-17/h5-6H,1-4,7,14H2,(H,16,19). The Morgan fingerprint density at radius 3 is 2.79 bits per heavy atom. The van der Waals surface area contributed by atoms with Gasteiger partial charge in [0, 0.05) is 13.1 Å². The predicted molar refractivity (Wildman–Crippen MR) is 71.8 cm³/mol. The van der Waals surface area contributed by atoms with Crippen molar-refractivity contribution in [3.8, 4) is 0 Å². The first kappa shape index (κ1) is 13.6. The molecule has 1 fully saturated rings. The number of anilines is 1. The normalized spacial score (nSPS) is 14.5. The zero-order chi connectivity index (χ0) is 13.8. The zero-order valence-electron chi connectivity index (χ0n) is 10.4. The van der Waals surface area contributed by atoms with Gasteiger partial charge in [-0.15, -0.1) is 0 Å². The number of aromatic nitrogens is 1. The van der Waals surface area contributed by atoms with Gasteiger partial charge in [-0.1, -0.05) is 11.6 Å². The van der Waals surface area contributed by atoms with Crippen LogP contribution in [0.15, 0.2) is 12.3 Å². The summed E-state index contributed by atoms with van der Waals surface area (Å²) in [7, 11) is 0. The van der Waals surface area contributed by atoms with Crippen molar-refractivity contribution in [2.24, 2.45) is 0 Å². The summed E-state index contributed by atoms with van der Waals surface area (Å²) in [5, 5.41) is 2.60. The number of hydrogen-bond acceptors (Lipinski definition) is 4. The minimum Gasteiger partial charge on any atom is -0.397 e. The minimum atomic E-state index is -0.447. The number of nitrogen functional groups attached to an aromatic ring is 1. The van der Waals surface area contributed by atoms with Gasteiger partial charge in [-0.25, -0.2) is 4.98 Å². The summed E-state index contributed by atoms with van der Waals surface area (Å²) < 4.78 is 0. The molecule has 6 nitrogen and oxygen atoms in total. The largest absolute Gasteiger partial charge is 0.397 e. The van der Waals surface area contributed by atoms with E-state index in [1.807, 2.05) is 0 Å². The SMILES string of the molecule is Nc1cnc(Cl)c(C(=O)NCC(=O)N2CCCC2)c1. The fourth-order valence-corrected chi connectivity index (χ4v) is 2.14. The highest BCUT2D eigenvalue weighted by atomic mass is 35.5. The third kappa shape index (κ3) is 3.35. The Bertz CT molecular complexity index is 501. The third-order valence-electron chi connectivity index (χ3n) is 2.96. The molecule has 2 heterocycles. The molecule has 0 atom stereocenters. The maximum absolute atomic E-state index is 11.9. The summed E-state index contributed by atoms with van der Waals surface area (Å²) in [6, 6.07) is 1.44. The van der Waals surface area contributed by atoms with Crippen molar-refractivity contribution in [3.63, 3.8) is 0 Å². The van der Waals surface area contributed by atoms with E-state index in [0.717, 1.165) is 25.9 Å². The highest BCUT2D eigenvalue weighted by molar-refractivity contribution is 6.32. The van der Waals surface area contributed by atoms with E-state index in [2.05, 4.69) is 10.3 Å². The van der Waals surface area contributed by atoms with Crippen molar-refractivity contribution in [2.45, 2.75) is 12.8 Å². The second kappa shape index (κ2) is 5.88. The number of carbonyl (C=O) groups is 2. The fourth-order valence-electron chi connectivity index (χ4n) is 1.95. The molecule has 1 aromatic rings. The number of hydrogen-bond donors (Lipinski definition) is 2. The zero-order valence-corrected chi connectivity index (χ0v) is 11.1. The molecular weight excluding hydrogens is 268 g/mol. The van der Waals surface area contributed by atoms with Gasteiger partial charge in [-0.2, -0.15) is 0 Å². The maximum atomic E-state index is 11.9. The second-order valence-corrected chi connectivity index (χ2v) is 4.74. The molecule has 1 aliphatic rings. The van der Waals surface area contributed by atoms with Crippen LogP contribution in [0.2, 0.25) is 5.15 Å². The number of likely N-dealkylation sites (tertiary alicyclic amines) is 1. The van der Waals surface area contributed by atoms with Crippen LogP contribution < -0.4 is 11.1 Å².